The minimum Gasteiger partial charge on any atom is -0.344 e. The van der Waals surface area contributed by atoms with Crippen molar-refractivity contribution in [2.24, 2.45) is 7.05 Å². The molecule has 0 spiro atoms. The molecule has 0 atom stereocenters. The molecule has 1 aromatic heterocycles. The van der Waals surface area contributed by atoms with Gasteiger partial charge >= 0.3 is 0 Å². The molecular weight excluding hydrogens is 266 g/mol. The standard InChI is InChI=1S/C21H17N/c1-22-20-10-6-5-9-19(20)15-21(22)18-13-11-17(12-14-18)16-7-3-2-4-8-16/h2-15H,1H3. The lowest BCUT2D eigenvalue weighted by Gasteiger charge is -2.06. The van der Waals surface area contributed by atoms with Gasteiger partial charge in [0.25, 0.3) is 0 Å². The maximum atomic E-state index is 2.26. The van der Waals surface area contributed by atoms with E-state index in [9.17, 15) is 0 Å². The number of hydrogen-bond donors (Lipinski definition) is 0. The second kappa shape index (κ2) is 5.19. The molecule has 1 nitrogen and oxygen atoms in total. The predicted octanol–water partition coefficient (Wildman–Crippen LogP) is 5.51. The van der Waals surface area contributed by atoms with Crippen molar-refractivity contribution in [3.63, 3.8) is 0 Å². The molecule has 0 saturated carbocycles. The quantitative estimate of drug-likeness (QED) is 0.457. The van der Waals surface area contributed by atoms with Gasteiger partial charge in [0.05, 0.1) is 0 Å². The van der Waals surface area contributed by atoms with Crippen molar-refractivity contribution in [3.05, 3.63) is 84.9 Å². The topological polar surface area (TPSA) is 4.93 Å². The smallest absolute Gasteiger partial charge is 0.0488 e. The van der Waals surface area contributed by atoms with Crippen LogP contribution in [0.25, 0.3) is 33.3 Å². The van der Waals surface area contributed by atoms with E-state index < -0.39 is 0 Å². The van der Waals surface area contributed by atoms with Crippen LogP contribution in [0, 0.1) is 0 Å². The van der Waals surface area contributed by atoms with E-state index in [1.165, 1.54) is 33.3 Å². The van der Waals surface area contributed by atoms with Crippen molar-refractivity contribution in [1.29, 1.82) is 0 Å². The Morgan fingerprint density at radius 2 is 1.18 bits per heavy atom. The molecule has 0 aliphatic heterocycles. The Morgan fingerprint density at radius 3 is 1.91 bits per heavy atom. The normalized spacial score (nSPS) is 11.0. The number of aryl methyl sites for hydroxylation is 1. The van der Waals surface area contributed by atoms with E-state index in [1.54, 1.807) is 0 Å². The van der Waals surface area contributed by atoms with Crippen LogP contribution in [0.15, 0.2) is 84.9 Å². The number of fused-ring (bicyclic) bond motifs is 1. The average Bonchev–Trinajstić information content (AvgIpc) is 2.93. The molecule has 0 aliphatic rings. The molecule has 4 aromatic rings. The van der Waals surface area contributed by atoms with Crippen LogP contribution in [0.5, 0.6) is 0 Å². The van der Waals surface area contributed by atoms with Gasteiger partial charge in [-0.25, -0.2) is 0 Å². The highest BCUT2D eigenvalue weighted by atomic mass is 14.9. The van der Waals surface area contributed by atoms with Crippen molar-refractivity contribution in [2.75, 3.05) is 0 Å². The molecule has 0 unspecified atom stereocenters. The van der Waals surface area contributed by atoms with Crippen LogP contribution in [0.3, 0.4) is 0 Å². The van der Waals surface area contributed by atoms with Crippen molar-refractivity contribution in [1.82, 2.24) is 4.57 Å². The maximum Gasteiger partial charge on any atom is 0.0488 e. The summed E-state index contributed by atoms with van der Waals surface area (Å²) >= 11 is 0. The number of nitrogens with zero attached hydrogens (tertiary/aromatic N) is 1. The highest BCUT2D eigenvalue weighted by molar-refractivity contribution is 5.87. The van der Waals surface area contributed by atoms with E-state index in [-0.39, 0.29) is 0 Å². The van der Waals surface area contributed by atoms with Gasteiger partial charge in [0, 0.05) is 23.6 Å². The summed E-state index contributed by atoms with van der Waals surface area (Å²) in [5, 5.41) is 1.28. The van der Waals surface area contributed by atoms with Crippen LogP contribution < -0.4 is 0 Å². The Labute approximate surface area is 130 Å². The molecule has 1 heteroatoms. The summed E-state index contributed by atoms with van der Waals surface area (Å²) in [5.41, 5.74) is 6.28. The SMILES string of the molecule is Cn1c(-c2ccc(-c3ccccc3)cc2)cc2ccccc21. The van der Waals surface area contributed by atoms with Gasteiger partial charge in [0.2, 0.25) is 0 Å². The summed E-state index contributed by atoms with van der Waals surface area (Å²) in [4.78, 5) is 0. The van der Waals surface area contributed by atoms with E-state index in [0.717, 1.165) is 0 Å². The third-order valence-corrected chi connectivity index (χ3v) is 4.24. The van der Waals surface area contributed by atoms with Crippen molar-refractivity contribution >= 4 is 10.9 Å². The zero-order chi connectivity index (χ0) is 14.9. The molecule has 0 bridgehead atoms. The second-order valence-corrected chi connectivity index (χ2v) is 5.59. The van der Waals surface area contributed by atoms with E-state index >= 15 is 0 Å². The third-order valence-electron chi connectivity index (χ3n) is 4.24. The third kappa shape index (κ3) is 2.11. The van der Waals surface area contributed by atoms with E-state index in [2.05, 4.69) is 90.5 Å². The fourth-order valence-electron chi connectivity index (χ4n) is 3.03. The molecule has 0 radical (unpaired) electrons. The highest BCUT2D eigenvalue weighted by Crippen LogP contribution is 2.29. The molecule has 3 aromatic carbocycles. The van der Waals surface area contributed by atoms with Crippen molar-refractivity contribution in [2.45, 2.75) is 0 Å². The fourth-order valence-corrected chi connectivity index (χ4v) is 3.03. The summed E-state index contributed by atoms with van der Waals surface area (Å²) in [5.74, 6) is 0. The number of benzene rings is 3. The van der Waals surface area contributed by atoms with Gasteiger partial charge in [-0.05, 0) is 28.8 Å². The van der Waals surface area contributed by atoms with Crippen LogP contribution in [-0.4, -0.2) is 4.57 Å². The lowest BCUT2D eigenvalue weighted by atomic mass is 10.0. The van der Waals surface area contributed by atoms with Gasteiger partial charge < -0.3 is 4.57 Å². The maximum absolute atomic E-state index is 2.26. The van der Waals surface area contributed by atoms with Gasteiger partial charge in [-0.1, -0.05) is 72.8 Å². The molecule has 0 aliphatic carbocycles. The summed E-state index contributed by atoms with van der Waals surface area (Å²) in [7, 11) is 2.13. The number of para-hydroxylation sites is 1. The van der Waals surface area contributed by atoms with Crippen molar-refractivity contribution in [3.8, 4) is 22.4 Å². The Morgan fingerprint density at radius 1 is 0.591 bits per heavy atom. The van der Waals surface area contributed by atoms with Crippen LogP contribution in [0.4, 0.5) is 0 Å². The molecule has 0 saturated heterocycles. The van der Waals surface area contributed by atoms with Crippen LogP contribution in [0.1, 0.15) is 0 Å². The Bertz CT molecular complexity index is 915. The molecular formula is C21H17N. The van der Waals surface area contributed by atoms with Gasteiger partial charge in [-0.15, -0.1) is 0 Å². The van der Waals surface area contributed by atoms with E-state index in [0.29, 0.717) is 0 Å². The first-order chi connectivity index (χ1) is 10.8. The van der Waals surface area contributed by atoms with Crippen LogP contribution >= 0.6 is 0 Å². The fraction of sp³-hybridized carbons (Fsp3) is 0.0476. The first-order valence-electron chi connectivity index (χ1n) is 7.53. The molecule has 22 heavy (non-hydrogen) atoms. The summed E-state index contributed by atoms with van der Waals surface area (Å²) in [6.45, 7) is 0. The molecule has 0 N–H and O–H groups in total. The summed E-state index contributed by atoms with van der Waals surface area (Å²) in [6.07, 6.45) is 0. The summed E-state index contributed by atoms with van der Waals surface area (Å²) in [6, 6.07) is 30.1. The second-order valence-electron chi connectivity index (χ2n) is 5.59. The van der Waals surface area contributed by atoms with Gasteiger partial charge in [0.15, 0.2) is 0 Å². The highest BCUT2D eigenvalue weighted by Gasteiger charge is 2.07. The molecule has 1 heterocycles. The zero-order valence-electron chi connectivity index (χ0n) is 12.5. The summed E-state index contributed by atoms with van der Waals surface area (Å²) < 4.78 is 2.26. The Hall–Kier alpha value is -2.80. The predicted molar refractivity (Wildman–Crippen MR) is 93.8 cm³/mol. The average molecular weight is 283 g/mol. The van der Waals surface area contributed by atoms with Crippen LogP contribution in [0.2, 0.25) is 0 Å². The van der Waals surface area contributed by atoms with E-state index in [1.807, 2.05) is 6.07 Å². The van der Waals surface area contributed by atoms with Crippen molar-refractivity contribution < 1.29 is 0 Å². The van der Waals surface area contributed by atoms with Gasteiger partial charge in [0.1, 0.15) is 0 Å². The first kappa shape index (κ1) is 12.9. The minimum atomic E-state index is 1.25. The largest absolute Gasteiger partial charge is 0.344 e. The Kier molecular flexibility index (Phi) is 3.05. The molecule has 0 fully saturated rings. The number of rotatable bonds is 2. The molecule has 4 rings (SSSR count). The minimum absolute atomic E-state index is 1.25. The zero-order valence-corrected chi connectivity index (χ0v) is 12.5. The molecule has 0 amide bonds. The lowest BCUT2D eigenvalue weighted by Crippen LogP contribution is -1.90. The number of hydrogen-bond acceptors (Lipinski definition) is 0. The first-order valence-corrected chi connectivity index (χ1v) is 7.53. The Balaban J connectivity index is 1.78. The lowest BCUT2D eigenvalue weighted by molar-refractivity contribution is 0.978. The molecule has 106 valence electrons. The van der Waals surface area contributed by atoms with Crippen LogP contribution in [-0.2, 0) is 7.05 Å². The monoisotopic (exact) mass is 283 g/mol. The van der Waals surface area contributed by atoms with Gasteiger partial charge in [-0.3, -0.25) is 0 Å². The van der Waals surface area contributed by atoms with Gasteiger partial charge in [-0.2, -0.15) is 0 Å². The van der Waals surface area contributed by atoms with E-state index in [4.69, 9.17) is 0 Å². The number of aromatic nitrogens is 1.